The van der Waals surface area contributed by atoms with Crippen molar-refractivity contribution >= 4 is 23.8 Å². The summed E-state index contributed by atoms with van der Waals surface area (Å²) in [6.07, 6.45) is 0. The predicted octanol–water partition coefficient (Wildman–Crippen LogP) is 3.61. The van der Waals surface area contributed by atoms with E-state index in [2.05, 4.69) is 4.72 Å². The van der Waals surface area contributed by atoms with Gasteiger partial charge in [0.05, 0.1) is 12.2 Å². The minimum atomic E-state index is -0.350. The third-order valence-corrected chi connectivity index (χ3v) is 4.02. The summed E-state index contributed by atoms with van der Waals surface area (Å²) in [5, 5.41) is 0. The molecule has 1 amide bonds. The first-order valence-corrected chi connectivity index (χ1v) is 7.74. The predicted molar refractivity (Wildman–Crippen MR) is 86.9 cm³/mol. The smallest absolute Gasteiger partial charge is 0.338 e. The summed E-state index contributed by atoms with van der Waals surface area (Å²) in [5.41, 5.74) is 1.90. The Morgan fingerprint density at radius 3 is 2.50 bits per heavy atom. The molecule has 0 aromatic heterocycles. The molecule has 2 aromatic rings. The summed E-state index contributed by atoms with van der Waals surface area (Å²) in [7, 11) is 0. The van der Waals surface area contributed by atoms with E-state index in [1.165, 1.54) is 11.9 Å². The molecule has 5 heteroatoms. The Morgan fingerprint density at radius 1 is 1.09 bits per heavy atom. The van der Waals surface area contributed by atoms with Crippen molar-refractivity contribution in [3.05, 3.63) is 65.2 Å². The fraction of sp³-hybridized carbons (Fsp3) is 0.176. The topological polar surface area (TPSA) is 55.4 Å². The van der Waals surface area contributed by atoms with Gasteiger partial charge in [-0.3, -0.25) is 9.52 Å². The lowest BCUT2D eigenvalue weighted by Gasteiger charge is -2.10. The van der Waals surface area contributed by atoms with Gasteiger partial charge in [0.1, 0.15) is 0 Å². The SMILES string of the molecule is CCOC(=O)c1cccc(SNC(=O)c2ccccc2)c1C. The monoisotopic (exact) mass is 315 g/mol. The number of benzene rings is 2. The highest BCUT2D eigenvalue weighted by atomic mass is 32.2. The van der Waals surface area contributed by atoms with E-state index < -0.39 is 0 Å². The molecule has 0 radical (unpaired) electrons. The molecule has 2 aromatic carbocycles. The second-order valence-electron chi connectivity index (χ2n) is 4.55. The lowest BCUT2D eigenvalue weighted by atomic mass is 10.1. The van der Waals surface area contributed by atoms with Gasteiger partial charge in [-0.15, -0.1) is 0 Å². The fourth-order valence-electron chi connectivity index (χ4n) is 1.90. The van der Waals surface area contributed by atoms with Crippen LogP contribution in [0.3, 0.4) is 0 Å². The van der Waals surface area contributed by atoms with Crippen LogP contribution in [0.25, 0.3) is 0 Å². The first-order chi connectivity index (χ1) is 10.6. The molecule has 22 heavy (non-hydrogen) atoms. The largest absolute Gasteiger partial charge is 0.462 e. The van der Waals surface area contributed by atoms with Gasteiger partial charge in [-0.1, -0.05) is 24.3 Å². The van der Waals surface area contributed by atoms with Crippen LogP contribution in [-0.4, -0.2) is 18.5 Å². The van der Waals surface area contributed by atoms with Crippen LogP contribution in [0.15, 0.2) is 53.4 Å². The Morgan fingerprint density at radius 2 is 1.82 bits per heavy atom. The molecule has 0 bridgehead atoms. The van der Waals surface area contributed by atoms with Gasteiger partial charge in [0, 0.05) is 10.5 Å². The molecule has 0 unspecified atom stereocenters. The number of carbonyl (C=O) groups excluding carboxylic acids is 2. The molecule has 0 aliphatic carbocycles. The summed E-state index contributed by atoms with van der Waals surface area (Å²) < 4.78 is 7.80. The Bertz CT molecular complexity index is 671. The molecule has 1 N–H and O–H groups in total. The normalized spacial score (nSPS) is 10.1. The van der Waals surface area contributed by atoms with Crippen LogP contribution < -0.4 is 4.72 Å². The van der Waals surface area contributed by atoms with Crippen molar-refractivity contribution in [1.29, 1.82) is 0 Å². The third kappa shape index (κ3) is 3.89. The number of hydrogen-bond acceptors (Lipinski definition) is 4. The molecule has 2 rings (SSSR count). The number of ether oxygens (including phenoxy) is 1. The number of rotatable bonds is 5. The van der Waals surface area contributed by atoms with Crippen molar-refractivity contribution in [2.24, 2.45) is 0 Å². The molecule has 0 saturated carbocycles. The second-order valence-corrected chi connectivity index (χ2v) is 5.40. The van der Waals surface area contributed by atoms with Crippen LogP contribution >= 0.6 is 11.9 Å². The Balaban J connectivity index is 2.09. The van der Waals surface area contributed by atoms with Crippen LogP contribution in [0.2, 0.25) is 0 Å². The maximum Gasteiger partial charge on any atom is 0.338 e. The van der Waals surface area contributed by atoms with E-state index in [1.807, 2.05) is 31.2 Å². The molecule has 0 aliphatic rings. The summed E-state index contributed by atoms with van der Waals surface area (Å²) in [6.45, 7) is 3.94. The van der Waals surface area contributed by atoms with Crippen molar-refractivity contribution in [3.63, 3.8) is 0 Å². The summed E-state index contributed by atoms with van der Waals surface area (Å²) >= 11 is 1.19. The average molecular weight is 315 g/mol. The number of nitrogens with one attached hydrogen (secondary N) is 1. The zero-order valence-electron chi connectivity index (χ0n) is 12.5. The maximum atomic E-state index is 12.0. The van der Waals surface area contributed by atoms with Gasteiger partial charge in [-0.2, -0.15) is 0 Å². The van der Waals surface area contributed by atoms with Crippen molar-refractivity contribution in [2.45, 2.75) is 18.7 Å². The van der Waals surface area contributed by atoms with E-state index in [0.29, 0.717) is 17.7 Å². The Hall–Kier alpha value is -2.27. The zero-order chi connectivity index (χ0) is 15.9. The molecule has 0 aliphatic heterocycles. The standard InChI is InChI=1S/C17H17NO3S/c1-3-21-17(20)14-10-7-11-15(12(14)2)22-18-16(19)13-8-5-4-6-9-13/h4-11H,3H2,1-2H3,(H,18,19). The number of amides is 1. The highest BCUT2D eigenvalue weighted by Gasteiger charge is 2.13. The van der Waals surface area contributed by atoms with Crippen LogP contribution in [0.5, 0.6) is 0 Å². The van der Waals surface area contributed by atoms with Gasteiger partial charge in [-0.05, 0) is 55.6 Å². The van der Waals surface area contributed by atoms with E-state index in [0.717, 1.165) is 10.5 Å². The molecular formula is C17H17NO3S. The summed E-state index contributed by atoms with van der Waals surface area (Å²) in [5.74, 6) is -0.525. The van der Waals surface area contributed by atoms with Crippen LogP contribution in [0.4, 0.5) is 0 Å². The van der Waals surface area contributed by atoms with E-state index in [9.17, 15) is 9.59 Å². The van der Waals surface area contributed by atoms with Gasteiger partial charge in [0.15, 0.2) is 0 Å². The van der Waals surface area contributed by atoms with Crippen molar-refractivity contribution in [3.8, 4) is 0 Å². The van der Waals surface area contributed by atoms with Gasteiger partial charge in [-0.25, -0.2) is 4.79 Å². The molecular weight excluding hydrogens is 298 g/mol. The molecule has 0 heterocycles. The van der Waals surface area contributed by atoms with Gasteiger partial charge in [0.25, 0.3) is 5.91 Å². The molecule has 0 spiro atoms. The first-order valence-electron chi connectivity index (χ1n) is 6.92. The van der Waals surface area contributed by atoms with Crippen molar-refractivity contribution in [1.82, 2.24) is 4.72 Å². The Labute approximate surface area is 134 Å². The van der Waals surface area contributed by atoms with E-state index in [-0.39, 0.29) is 11.9 Å². The van der Waals surface area contributed by atoms with Gasteiger partial charge < -0.3 is 4.74 Å². The third-order valence-electron chi connectivity index (χ3n) is 3.07. The van der Waals surface area contributed by atoms with Crippen molar-refractivity contribution < 1.29 is 14.3 Å². The first kappa shape index (κ1) is 16.1. The summed E-state index contributed by atoms with van der Waals surface area (Å²) in [6, 6.07) is 14.3. The molecule has 4 nitrogen and oxygen atoms in total. The van der Waals surface area contributed by atoms with Gasteiger partial charge >= 0.3 is 5.97 Å². The van der Waals surface area contributed by atoms with Gasteiger partial charge in [0.2, 0.25) is 0 Å². The zero-order valence-corrected chi connectivity index (χ0v) is 13.3. The lowest BCUT2D eigenvalue weighted by molar-refractivity contribution is 0.0525. The molecule has 0 saturated heterocycles. The van der Waals surface area contributed by atoms with Crippen LogP contribution in [0.1, 0.15) is 33.2 Å². The van der Waals surface area contributed by atoms with E-state index >= 15 is 0 Å². The highest BCUT2D eigenvalue weighted by molar-refractivity contribution is 7.98. The highest BCUT2D eigenvalue weighted by Crippen LogP contribution is 2.23. The molecule has 114 valence electrons. The van der Waals surface area contributed by atoms with Crippen LogP contribution in [0, 0.1) is 6.92 Å². The van der Waals surface area contributed by atoms with Crippen LogP contribution in [-0.2, 0) is 4.74 Å². The summed E-state index contributed by atoms with van der Waals surface area (Å²) in [4.78, 5) is 24.7. The molecule has 0 fully saturated rings. The number of hydrogen-bond donors (Lipinski definition) is 1. The number of carbonyl (C=O) groups is 2. The maximum absolute atomic E-state index is 12.0. The minimum Gasteiger partial charge on any atom is -0.462 e. The van der Waals surface area contributed by atoms with E-state index in [1.54, 1.807) is 31.2 Å². The van der Waals surface area contributed by atoms with Crippen molar-refractivity contribution in [2.75, 3.05) is 6.61 Å². The Kier molecular flexibility index (Phi) is 5.61. The lowest BCUT2D eigenvalue weighted by Crippen LogP contribution is -2.16. The van der Waals surface area contributed by atoms with E-state index in [4.69, 9.17) is 4.74 Å². The average Bonchev–Trinajstić information content (AvgIpc) is 2.54. The molecule has 0 atom stereocenters. The fourth-order valence-corrected chi connectivity index (χ4v) is 2.63. The number of esters is 1. The minimum absolute atomic E-state index is 0.175. The quantitative estimate of drug-likeness (QED) is 0.676. The second kappa shape index (κ2) is 7.66.